The molecule has 0 saturated carbocycles. The Morgan fingerprint density at radius 3 is 2.61 bits per heavy atom. The number of aromatic amines is 1. The first-order chi connectivity index (χ1) is 10.8. The van der Waals surface area contributed by atoms with E-state index >= 15 is 0 Å². The second-order valence-electron chi connectivity index (χ2n) is 6.11. The van der Waals surface area contributed by atoms with E-state index in [0.29, 0.717) is 32.2 Å². The normalized spacial score (nSPS) is 18.1. The number of carbonyl (C=O) groups excluding carboxylic acids is 1. The Hall–Kier alpha value is -1.38. The summed E-state index contributed by atoms with van der Waals surface area (Å²) in [6, 6.07) is 1.33. The lowest BCUT2D eigenvalue weighted by Gasteiger charge is -2.25. The van der Waals surface area contributed by atoms with Crippen molar-refractivity contribution in [3.63, 3.8) is 0 Å². The highest BCUT2D eigenvalue weighted by Gasteiger charge is 2.28. The van der Waals surface area contributed by atoms with Gasteiger partial charge in [-0.3, -0.25) is 0 Å². The van der Waals surface area contributed by atoms with Gasteiger partial charge in [0, 0.05) is 19.3 Å². The van der Waals surface area contributed by atoms with Crippen molar-refractivity contribution >= 4 is 16.0 Å². The van der Waals surface area contributed by atoms with Crippen LogP contribution in [-0.4, -0.2) is 56.1 Å². The molecule has 1 saturated heterocycles. The minimum atomic E-state index is -3.61. The van der Waals surface area contributed by atoms with E-state index in [2.05, 4.69) is 4.98 Å². The summed E-state index contributed by atoms with van der Waals surface area (Å²) in [7, 11) is -3.61. The van der Waals surface area contributed by atoms with Gasteiger partial charge in [-0.1, -0.05) is 13.8 Å². The number of morpholine rings is 1. The topological polar surface area (TPSA) is 88.7 Å². The number of nitrogens with one attached hydrogen (secondary N) is 1. The Morgan fingerprint density at radius 2 is 2.00 bits per heavy atom. The lowest BCUT2D eigenvalue weighted by Crippen LogP contribution is -2.40. The second-order valence-corrected chi connectivity index (χ2v) is 8.05. The minimum absolute atomic E-state index is 0.0721. The van der Waals surface area contributed by atoms with Crippen LogP contribution in [0, 0.1) is 5.92 Å². The second kappa shape index (κ2) is 7.46. The molecule has 0 amide bonds. The molecule has 23 heavy (non-hydrogen) atoms. The molecule has 130 valence electrons. The SMILES string of the molecule is CC(C)C[C@@H](C)OC(=O)c1cc(S(=O)(=O)N2CCOCC2)c[nH]1. The van der Waals surface area contributed by atoms with Crippen LogP contribution in [0.2, 0.25) is 0 Å². The summed E-state index contributed by atoms with van der Waals surface area (Å²) in [5.41, 5.74) is 0.146. The van der Waals surface area contributed by atoms with Crippen LogP contribution in [0.4, 0.5) is 0 Å². The Morgan fingerprint density at radius 1 is 1.35 bits per heavy atom. The molecule has 0 aliphatic carbocycles. The average molecular weight is 344 g/mol. The van der Waals surface area contributed by atoms with Gasteiger partial charge in [-0.2, -0.15) is 4.31 Å². The Balaban J connectivity index is 2.06. The van der Waals surface area contributed by atoms with Crippen LogP contribution in [0.15, 0.2) is 17.2 Å². The first-order valence-corrected chi connectivity index (χ1v) is 9.22. The van der Waals surface area contributed by atoms with Crippen LogP contribution >= 0.6 is 0 Å². The van der Waals surface area contributed by atoms with Crippen LogP contribution in [0.25, 0.3) is 0 Å². The molecule has 1 fully saturated rings. The number of hydrogen-bond donors (Lipinski definition) is 1. The number of H-pyrrole nitrogens is 1. The number of hydrogen-bond acceptors (Lipinski definition) is 5. The molecule has 8 heteroatoms. The third-order valence-electron chi connectivity index (χ3n) is 3.60. The van der Waals surface area contributed by atoms with Crippen LogP contribution in [0.3, 0.4) is 0 Å². The van der Waals surface area contributed by atoms with E-state index in [-0.39, 0.29) is 16.7 Å². The van der Waals surface area contributed by atoms with Gasteiger partial charge < -0.3 is 14.5 Å². The highest BCUT2D eigenvalue weighted by atomic mass is 32.2. The zero-order chi connectivity index (χ0) is 17.0. The van der Waals surface area contributed by atoms with Crippen LogP contribution in [0.1, 0.15) is 37.7 Å². The van der Waals surface area contributed by atoms with Crippen molar-refractivity contribution in [2.24, 2.45) is 5.92 Å². The van der Waals surface area contributed by atoms with Gasteiger partial charge in [-0.05, 0) is 25.3 Å². The van der Waals surface area contributed by atoms with Crippen molar-refractivity contribution in [2.45, 2.75) is 38.2 Å². The first kappa shape index (κ1) is 18.0. The summed E-state index contributed by atoms with van der Waals surface area (Å²) >= 11 is 0. The fraction of sp³-hybridized carbons (Fsp3) is 0.667. The van der Waals surface area contributed by atoms with Gasteiger partial charge >= 0.3 is 5.97 Å². The molecule has 2 rings (SSSR count). The van der Waals surface area contributed by atoms with E-state index in [4.69, 9.17) is 9.47 Å². The van der Waals surface area contributed by atoms with E-state index in [1.165, 1.54) is 16.6 Å². The first-order valence-electron chi connectivity index (χ1n) is 7.78. The minimum Gasteiger partial charge on any atom is -0.458 e. The van der Waals surface area contributed by atoms with Gasteiger partial charge in [0.15, 0.2) is 0 Å². The maximum atomic E-state index is 12.5. The van der Waals surface area contributed by atoms with Crippen molar-refractivity contribution in [1.82, 2.24) is 9.29 Å². The molecule has 1 N–H and O–H groups in total. The summed E-state index contributed by atoms with van der Waals surface area (Å²) in [6.45, 7) is 7.32. The van der Waals surface area contributed by atoms with E-state index in [1.807, 2.05) is 20.8 Å². The number of aromatic nitrogens is 1. The molecule has 1 aliphatic heterocycles. The summed E-state index contributed by atoms with van der Waals surface area (Å²) < 4.78 is 36.8. The van der Waals surface area contributed by atoms with Crippen LogP contribution < -0.4 is 0 Å². The van der Waals surface area contributed by atoms with Gasteiger partial charge in [-0.25, -0.2) is 13.2 Å². The fourth-order valence-electron chi connectivity index (χ4n) is 2.54. The summed E-state index contributed by atoms with van der Waals surface area (Å²) in [5, 5.41) is 0. The smallest absolute Gasteiger partial charge is 0.355 e. The zero-order valence-electron chi connectivity index (χ0n) is 13.7. The van der Waals surface area contributed by atoms with E-state index in [0.717, 1.165) is 6.42 Å². The Kier molecular flexibility index (Phi) is 5.83. The van der Waals surface area contributed by atoms with Gasteiger partial charge in [-0.15, -0.1) is 0 Å². The third kappa shape index (κ3) is 4.55. The standard InChI is InChI=1S/C15H24N2O5S/c1-11(2)8-12(3)22-15(18)14-9-13(10-16-14)23(19,20)17-4-6-21-7-5-17/h9-12,16H,4-8H2,1-3H3/t12-/m1/s1. The molecule has 1 aliphatic rings. The third-order valence-corrected chi connectivity index (χ3v) is 5.47. The monoisotopic (exact) mass is 344 g/mol. The predicted molar refractivity (Wildman–Crippen MR) is 84.7 cm³/mol. The molecular formula is C15H24N2O5S. The predicted octanol–water partition coefficient (Wildman–Crippen LogP) is 1.63. The van der Waals surface area contributed by atoms with Crippen LogP contribution in [0.5, 0.6) is 0 Å². The molecule has 0 bridgehead atoms. The summed E-state index contributed by atoms with van der Waals surface area (Å²) in [6.07, 6.45) is 1.87. The van der Waals surface area contributed by atoms with E-state index in [1.54, 1.807) is 0 Å². The number of sulfonamides is 1. The average Bonchev–Trinajstić information content (AvgIpc) is 2.98. The largest absolute Gasteiger partial charge is 0.458 e. The summed E-state index contributed by atoms with van der Waals surface area (Å²) in [4.78, 5) is 14.8. The summed E-state index contributed by atoms with van der Waals surface area (Å²) in [5.74, 6) is -0.125. The van der Waals surface area contributed by atoms with E-state index in [9.17, 15) is 13.2 Å². The molecular weight excluding hydrogens is 320 g/mol. The molecule has 7 nitrogen and oxygen atoms in total. The van der Waals surface area contributed by atoms with Crippen molar-refractivity contribution in [3.8, 4) is 0 Å². The lowest BCUT2D eigenvalue weighted by molar-refractivity contribution is 0.0293. The molecule has 1 atom stereocenters. The van der Waals surface area contributed by atoms with Gasteiger partial charge in [0.2, 0.25) is 10.0 Å². The highest BCUT2D eigenvalue weighted by Crippen LogP contribution is 2.19. The number of nitrogens with zero attached hydrogens (tertiary/aromatic N) is 1. The maximum absolute atomic E-state index is 12.5. The Labute approximate surface area is 137 Å². The van der Waals surface area contributed by atoms with Crippen molar-refractivity contribution in [2.75, 3.05) is 26.3 Å². The Bertz CT molecular complexity index is 632. The van der Waals surface area contributed by atoms with Crippen molar-refractivity contribution in [1.29, 1.82) is 0 Å². The number of rotatable bonds is 6. The van der Waals surface area contributed by atoms with Gasteiger partial charge in [0.1, 0.15) is 10.6 Å². The molecule has 0 unspecified atom stereocenters. The van der Waals surface area contributed by atoms with Crippen molar-refractivity contribution < 1.29 is 22.7 Å². The lowest BCUT2D eigenvalue weighted by atomic mass is 10.1. The maximum Gasteiger partial charge on any atom is 0.355 e. The van der Waals surface area contributed by atoms with Crippen molar-refractivity contribution in [3.05, 3.63) is 18.0 Å². The van der Waals surface area contributed by atoms with E-state index < -0.39 is 16.0 Å². The highest BCUT2D eigenvalue weighted by molar-refractivity contribution is 7.89. The molecule has 1 aromatic rings. The number of esters is 1. The zero-order valence-corrected chi connectivity index (χ0v) is 14.6. The molecule has 0 radical (unpaired) electrons. The quantitative estimate of drug-likeness (QED) is 0.792. The van der Waals surface area contributed by atoms with Gasteiger partial charge in [0.05, 0.1) is 19.3 Å². The molecule has 1 aromatic heterocycles. The number of carbonyl (C=O) groups is 1. The molecule has 0 spiro atoms. The molecule has 2 heterocycles. The van der Waals surface area contributed by atoms with Crippen LogP contribution in [-0.2, 0) is 19.5 Å². The number of ether oxygens (including phenoxy) is 2. The molecule has 0 aromatic carbocycles. The van der Waals surface area contributed by atoms with Gasteiger partial charge in [0.25, 0.3) is 0 Å². The fourth-order valence-corrected chi connectivity index (χ4v) is 3.94.